The molecule has 2 aromatic rings. The van der Waals surface area contributed by atoms with Crippen LogP contribution in [0.2, 0.25) is 0 Å². The second kappa shape index (κ2) is 8.94. The average Bonchev–Trinajstić information content (AvgIpc) is 3.07. The van der Waals surface area contributed by atoms with E-state index in [1.807, 2.05) is 24.3 Å². The van der Waals surface area contributed by atoms with Crippen molar-refractivity contribution in [3.05, 3.63) is 42.0 Å². The summed E-state index contributed by atoms with van der Waals surface area (Å²) in [4.78, 5) is 27.1. The molecule has 8 heteroatoms. The number of likely N-dealkylation sites (tertiary alicyclic amines) is 1. The zero-order valence-electron chi connectivity index (χ0n) is 17.7. The third-order valence-electron chi connectivity index (χ3n) is 5.31. The van der Waals surface area contributed by atoms with Crippen LogP contribution in [0.15, 0.2) is 36.4 Å². The molecule has 2 amide bonds. The van der Waals surface area contributed by atoms with E-state index in [0.717, 1.165) is 5.56 Å². The molecule has 8 nitrogen and oxygen atoms in total. The standard InChI is InChI=1S/C22H26N2O6/c1-24-19(25)12-16(20(24)13-6-8-15(27-2)9-7-13)22(26)23-14-10-17(28-3)21(30-5)18(11-14)29-4/h6-11,16,20H,12H2,1-5H3,(H,23,26)/t16-,20-/m0/s1. The minimum Gasteiger partial charge on any atom is -0.497 e. The first-order chi connectivity index (χ1) is 14.4. The summed E-state index contributed by atoms with van der Waals surface area (Å²) in [6, 6.07) is 10.3. The van der Waals surface area contributed by atoms with Gasteiger partial charge in [0.25, 0.3) is 0 Å². The van der Waals surface area contributed by atoms with Crippen LogP contribution in [0, 0.1) is 5.92 Å². The zero-order valence-corrected chi connectivity index (χ0v) is 17.7. The van der Waals surface area contributed by atoms with E-state index >= 15 is 0 Å². The Hall–Kier alpha value is -3.42. The van der Waals surface area contributed by atoms with Crippen LogP contribution in [0.3, 0.4) is 0 Å². The molecule has 0 aromatic heterocycles. The van der Waals surface area contributed by atoms with Gasteiger partial charge in [0.2, 0.25) is 17.6 Å². The van der Waals surface area contributed by atoms with E-state index in [2.05, 4.69) is 5.32 Å². The van der Waals surface area contributed by atoms with Gasteiger partial charge >= 0.3 is 0 Å². The molecule has 3 rings (SSSR count). The number of benzene rings is 2. The molecular formula is C22H26N2O6. The van der Waals surface area contributed by atoms with Gasteiger partial charge < -0.3 is 29.2 Å². The molecule has 0 bridgehead atoms. The normalized spacial score (nSPS) is 18.2. The quantitative estimate of drug-likeness (QED) is 0.750. The molecule has 30 heavy (non-hydrogen) atoms. The van der Waals surface area contributed by atoms with Gasteiger partial charge in [-0.1, -0.05) is 12.1 Å². The van der Waals surface area contributed by atoms with Crippen LogP contribution >= 0.6 is 0 Å². The Morgan fingerprint density at radius 1 is 0.967 bits per heavy atom. The first-order valence-corrected chi connectivity index (χ1v) is 9.44. The Bertz CT molecular complexity index is 903. The molecule has 0 unspecified atom stereocenters. The van der Waals surface area contributed by atoms with Crippen LogP contribution in [0.5, 0.6) is 23.0 Å². The van der Waals surface area contributed by atoms with Crippen molar-refractivity contribution < 1.29 is 28.5 Å². The van der Waals surface area contributed by atoms with Gasteiger partial charge in [-0.05, 0) is 17.7 Å². The maximum Gasteiger partial charge on any atom is 0.230 e. The first kappa shape index (κ1) is 21.3. The van der Waals surface area contributed by atoms with E-state index < -0.39 is 5.92 Å². The molecule has 1 heterocycles. The summed E-state index contributed by atoms with van der Waals surface area (Å²) in [5.41, 5.74) is 1.36. The SMILES string of the molecule is COc1ccc([C@H]2[C@@H](C(=O)Nc3cc(OC)c(OC)c(OC)c3)CC(=O)N2C)cc1. The summed E-state index contributed by atoms with van der Waals surface area (Å²) in [5.74, 6) is 1.12. The summed E-state index contributed by atoms with van der Waals surface area (Å²) in [5, 5.41) is 2.89. The summed E-state index contributed by atoms with van der Waals surface area (Å²) in [7, 11) is 7.83. The van der Waals surface area contributed by atoms with Gasteiger partial charge in [-0.2, -0.15) is 0 Å². The lowest BCUT2D eigenvalue weighted by molar-refractivity contribution is -0.127. The van der Waals surface area contributed by atoms with Gasteiger partial charge in [0.1, 0.15) is 5.75 Å². The minimum atomic E-state index is -0.546. The Morgan fingerprint density at radius 3 is 2.07 bits per heavy atom. The minimum absolute atomic E-state index is 0.0825. The van der Waals surface area contributed by atoms with Gasteiger partial charge in [-0.3, -0.25) is 9.59 Å². The highest BCUT2D eigenvalue weighted by Gasteiger charge is 2.42. The molecule has 1 aliphatic heterocycles. The summed E-state index contributed by atoms with van der Waals surface area (Å²) >= 11 is 0. The lowest BCUT2D eigenvalue weighted by Crippen LogP contribution is -2.30. The Morgan fingerprint density at radius 2 is 1.57 bits per heavy atom. The van der Waals surface area contributed by atoms with Gasteiger partial charge in [0.15, 0.2) is 11.5 Å². The number of carbonyl (C=O) groups is 2. The van der Waals surface area contributed by atoms with E-state index in [9.17, 15) is 9.59 Å². The van der Waals surface area contributed by atoms with Crippen LogP contribution in [-0.4, -0.2) is 52.2 Å². The second-order valence-corrected chi connectivity index (χ2v) is 6.94. The van der Waals surface area contributed by atoms with Crippen LogP contribution in [0.4, 0.5) is 5.69 Å². The second-order valence-electron chi connectivity index (χ2n) is 6.94. The van der Waals surface area contributed by atoms with Gasteiger partial charge in [-0.15, -0.1) is 0 Å². The number of amides is 2. The molecule has 0 aliphatic carbocycles. The van der Waals surface area contributed by atoms with Crippen molar-refractivity contribution >= 4 is 17.5 Å². The molecule has 1 saturated heterocycles. The van der Waals surface area contributed by atoms with Gasteiger partial charge in [0, 0.05) is 31.3 Å². The summed E-state index contributed by atoms with van der Waals surface area (Å²) in [6.45, 7) is 0. The number of hydrogen-bond acceptors (Lipinski definition) is 6. The van der Waals surface area contributed by atoms with Gasteiger partial charge in [0.05, 0.1) is 40.4 Å². The van der Waals surface area contributed by atoms with Crippen molar-refractivity contribution in [3.63, 3.8) is 0 Å². The van der Waals surface area contributed by atoms with E-state index in [1.54, 1.807) is 31.2 Å². The Labute approximate surface area is 175 Å². The number of nitrogens with zero attached hydrogens (tertiary/aromatic N) is 1. The van der Waals surface area contributed by atoms with Crippen LogP contribution < -0.4 is 24.3 Å². The zero-order chi connectivity index (χ0) is 21.8. The van der Waals surface area contributed by atoms with E-state index in [1.165, 1.54) is 21.3 Å². The number of anilines is 1. The molecule has 0 spiro atoms. The highest BCUT2D eigenvalue weighted by atomic mass is 16.5. The van der Waals surface area contributed by atoms with Crippen molar-refractivity contribution in [1.29, 1.82) is 0 Å². The number of rotatable bonds is 7. The van der Waals surface area contributed by atoms with Crippen LogP contribution in [0.25, 0.3) is 0 Å². The van der Waals surface area contributed by atoms with Crippen molar-refractivity contribution in [2.75, 3.05) is 40.8 Å². The Balaban J connectivity index is 1.88. The van der Waals surface area contributed by atoms with E-state index in [0.29, 0.717) is 28.7 Å². The number of ether oxygens (including phenoxy) is 4. The molecule has 2 aromatic carbocycles. The predicted octanol–water partition coefficient (Wildman–Crippen LogP) is 2.88. The highest BCUT2D eigenvalue weighted by Crippen LogP contribution is 2.41. The monoisotopic (exact) mass is 414 g/mol. The average molecular weight is 414 g/mol. The summed E-state index contributed by atoms with van der Waals surface area (Å²) < 4.78 is 21.2. The smallest absolute Gasteiger partial charge is 0.230 e. The van der Waals surface area contributed by atoms with Crippen molar-refractivity contribution in [2.45, 2.75) is 12.5 Å². The highest BCUT2D eigenvalue weighted by molar-refractivity contribution is 5.98. The fourth-order valence-electron chi connectivity index (χ4n) is 3.75. The number of nitrogens with one attached hydrogen (secondary N) is 1. The molecule has 160 valence electrons. The molecule has 1 N–H and O–H groups in total. The van der Waals surface area contributed by atoms with Crippen LogP contribution in [-0.2, 0) is 9.59 Å². The number of hydrogen-bond donors (Lipinski definition) is 1. The molecule has 0 saturated carbocycles. The third-order valence-corrected chi connectivity index (χ3v) is 5.31. The van der Waals surface area contributed by atoms with Crippen LogP contribution in [0.1, 0.15) is 18.0 Å². The molecule has 0 radical (unpaired) electrons. The maximum absolute atomic E-state index is 13.1. The number of methoxy groups -OCH3 is 4. The maximum atomic E-state index is 13.1. The Kier molecular flexibility index (Phi) is 6.34. The fraction of sp³-hybridized carbons (Fsp3) is 0.364. The number of carbonyl (C=O) groups excluding carboxylic acids is 2. The lowest BCUT2D eigenvalue weighted by atomic mass is 9.92. The molecule has 1 fully saturated rings. The molecule has 2 atom stereocenters. The third kappa shape index (κ3) is 3.98. The predicted molar refractivity (Wildman–Crippen MR) is 111 cm³/mol. The topological polar surface area (TPSA) is 86.3 Å². The van der Waals surface area contributed by atoms with Crippen molar-refractivity contribution in [3.8, 4) is 23.0 Å². The molecule has 1 aliphatic rings. The largest absolute Gasteiger partial charge is 0.497 e. The van der Waals surface area contributed by atoms with Crippen molar-refractivity contribution in [2.24, 2.45) is 5.92 Å². The fourth-order valence-corrected chi connectivity index (χ4v) is 3.75. The summed E-state index contributed by atoms with van der Waals surface area (Å²) in [6.07, 6.45) is 0.128. The molecular weight excluding hydrogens is 388 g/mol. The van der Waals surface area contributed by atoms with Gasteiger partial charge in [-0.25, -0.2) is 0 Å². The first-order valence-electron chi connectivity index (χ1n) is 9.44. The van der Waals surface area contributed by atoms with E-state index in [-0.39, 0.29) is 24.3 Å². The van der Waals surface area contributed by atoms with Crippen molar-refractivity contribution in [1.82, 2.24) is 4.90 Å². The van der Waals surface area contributed by atoms with E-state index in [4.69, 9.17) is 18.9 Å². The lowest BCUT2D eigenvalue weighted by Gasteiger charge is -2.25.